The van der Waals surface area contributed by atoms with E-state index in [0.29, 0.717) is 6.42 Å². The lowest BCUT2D eigenvalue weighted by Crippen LogP contribution is -2.33. The molecule has 7 nitrogen and oxygen atoms in total. The Hall–Kier alpha value is -2.15. The number of ether oxygens (including phenoxy) is 1. The van der Waals surface area contributed by atoms with Crippen molar-refractivity contribution in [3.63, 3.8) is 0 Å². The monoisotopic (exact) mass is 268 g/mol. The van der Waals surface area contributed by atoms with Crippen LogP contribution in [0.2, 0.25) is 0 Å². The van der Waals surface area contributed by atoms with Crippen LogP contribution in [0.15, 0.2) is 18.2 Å². The molecule has 0 aliphatic heterocycles. The largest absolute Gasteiger partial charge is 0.480 e. The number of amides is 1. The van der Waals surface area contributed by atoms with Gasteiger partial charge in [-0.3, -0.25) is 14.9 Å². The summed E-state index contributed by atoms with van der Waals surface area (Å²) < 4.78 is 5.40. The number of rotatable bonds is 6. The summed E-state index contributed by atoms with van der Waals surface area (Å²) in [6.45, 7) is 3.18. The topological polar surface area (TPSA) is 116 Å². The minimum absolute atomic E-state index is 0.157. The first-order valence-corrected chi connectivity index (χ1v) is 5.79. The normalized spacial score (nSPS) is 13.6. The van der Waals surface area contributed by atoms with Gasteiger partial charge in [-0.1, -0.05) is 6.92 Å². The van der Waals surface area contributed by atoms with Gasteiger partial charge in [-0.2, -0.15) is 0 Å². The van der Waals surface area contributed by atoms with Crippen LogP contribution in [0.3, 0.4) is 0 Å². The van der Waals surface area contributed by atoms with Crippen molar-refractivity contribution in [2.75, 3.05) is 0 Å². The van der Waals surface area contributed by atoms with Crippen molar-refractivity contribution < 1.29 is 19.6 Å². The van der Waals surface area contributed by atoms with Gasteiger partial charge in [0.25, 0.3) is 11.6 Å². The van der Waals surface area contributed by atoms with Crippen LogP contribution >= 0.6 is 0 Å². The van der Waals surface area contributed by atoms with Crippen LogP contribution in [0, 0.1) is 10.1 Å². The lowest BCUT2D eigenvalue weighted by molar-refractivity contribution is -0.385. The van der Waals surface area contributed by atoms with Crippen molar-refractivity contribution in [3.05, 3.63) is 33.9 Å². The fraction of sp³-hybridized carbons (Fsp3) is 0.417. The van der Waals surface area contributed by atoms with Crippen LogP contribution in [-0.4, -0.2) is 22.0 Å². The third kappa shape index (κ3) is 3.65. The Labute approximate surface area is 110 Å². The van der Waals surface area contributed by atoms with Gasteiger partial charge in [0.1, 0.15) is 5.75 Å². The number of nitrogens with zero attached hydrogens (tertiary/aromatic N) is 1. The third-order valence-corrected chi connectivity index (χ3v) is 2.61. The molecule has 0 aliphatic rings. The number of non-ortho nitro benzene ring substituents is 1. The first kappa shape index (κ1) is 14.9. The van der Waals surface area contributed by atoms with Crippen LogP contribution < -0.4 is 10.5 Å². The van der Waals surface area contributed by atoms with Gasteiger partial charge < -0.3 is 15.6 Å². The SMILES string of the molecule is CCC(Oc1ccc([N+](=O)[O-])cc1[C@H](C)O)C(N)=O. The Bertz CT molecular complexity index is 487. The van der Waals surface area contributed by atoms with E-state index in [-0.39, 0.29) is 17.0 Å². The molecule has 0 aliphatic carbocycles. The second-order valence-electron chi connectivity index (χ2n) is 4.07. The fourth-order valence-electron chi connectivity index (χ4n) is 1.58. The molecule has 1 rings (SSSR count). The number of benzene rings is 1. The number of carbonyl (C=O) groups is 1. The summed E-state index contributed by atoms with van der Waals surface area (Å²) >= 11 is 0. The second-order valence-corrected chi connectivity index (χ2v) is 4.07. The highest BCUT2D eigenvalue weighted by Crippen LogP contribution is 2.30. The highest BCUT2D eigenvalue weighted by atomic mass is 16.6. The van der Waals surface area contributed by atoms with E-state index in [0.717, 1.165) is 0 Å². The number of nitro benzene ring substituents is 1. The number of aliphatic hydroxyl groups is 1. The predicted octanol–water partition coefficient (Wildman–Crippen LogP) is 1.29. The molecule has 104 valence electrons. The number of hydrogen-bond donors (Lipinski definition) is 2. The Balaban J connectivity index is 3.13. The molecule has 0 saturated heterocycles. The van der Waals surface area contributed by atoms with Crippen molar-refractivity contribution >= 4 is 11.6 Å². The van der Waals surface area contributed by atoms with Crippen LogP contribution in [0.5, 0.6) is 5.75 Å². The molecule has 1 unspecified atom stereocenters. The number of aliphatic hydroxyl groups excluding tert-OH is 1. The average molecular weight is 268 g/mol. The summed E-state index contributed by atoms with van der Waals surface area (Å²) in [5.41, 5.74) is 5.25. The highest BCUT2D eigenvalue weighted by Gasteiger charge is 2.20. The number of nitro groups is 1. The first-order valence-electron chi connectivity index (χ1n) is 5.79. The van der Waals surface area contributed by atoms with Crippen molar-refractivity contribution in [3.8, 4) is 5.75 Å². The molecular weight excluding hydrogens is 252 g/mol. The maximum atomic E-state index is 11.1. The molecule has 1 aromatic rings. The average Bonchev–Trinajstić information content (AvgIpc) is 2.35. The molecule has 1 amide bonds. The fourth-order valence-corrected chi connectivity index (χ4v) is 1.58. The quantitative estimate of drug-likeness (QED) is 0.595. The van der Waals surface area contributed by atoms with E-state index in [9.17, 15) is 20.0 Å². The Morgan fingerprint density at radius 3 is 2.63 bits per heavy atom. The van der Waals surface area contributed by atoms with Gasteiger partial charge in [0.05, 0.1) is 11.0 Å². The van der Waals surface area contributed by atoms with Crippen LogP contribution in [0.1, 0.15) is 31.9 Å². The van der Waals surface area contributed by atoms with Gasteiger partial charge in [0.15, 0.2) is 6.10 Å². The number of hydrogen-bond acceptors (Lipinski definition) is 5. The van der Waals surface area contributed by atoms with Crippen molar-refractivity contribution in [2.45, 2.75) is 32.5 Å². The van der Waals surface area contributed by atoms with E-state index in [4.69, 9.17) is 10.5 Å². The zero-order valence-corrected chi connectivity index (χ0v) is 10.7. The summed E-state index contributed by atoms with van der Waals surface area (Å²) in [6, 6.07) is 3.81. The minimum atomic E-state index is -0.958. The summed E-state index contributed by atoms with van der Waals surface area (Å²) in [5.74, 6) is -0.413. The smallest absolute Gasteiger partial charge is 0.270 e. The molecule has 0 bridgehead atoms. The van der Waals surface area contributed by atoms with Crippen LogP contribution in [0.25, 0.3) is 0 Å². The van der Waals surface area contributed by atoms with Gasteiger partial charge in [0.2, 0.25) is 0 Å². The van der Waals surface area contributed by atoms with Crippen molar-refractivity contribution in [2.24, 2.45) is 5.73 Å². The molecule has 2 atom stereocenters. The van der Waals surface area contributed by atoms with Gasteiger partial charge >= 0.3 is 0 Å². The molecular formula is C12H16N2O5. The Morgan fingerprint density at radius 2 is 2.21 bits per heavy atom. The Kier molecular flexibility index (Phi) is 4.82. The standard InChI is InChI=1S/C12H16N2O5/c1-3-10(12(13)16)19-11-5-4-8(14(17)18)6-9(11)7(2)15/h4-7,10,15H,3H2,1-2H3,(H2,13,16)/t7-,10?/m0/s1. The molecule has 0 heterocycles. The van der Waals surface area contributed by atoms with Gasteiger partial charge in [-0.15, -0.1) is 0 Å². The third-order valence-electron chi connectivity index (χ3n) is 2.61. The number of carbonyl (C=O) groups excluding carboxylic acids is 1. The zero-order chi connectivity index (χ0) is 14.6. The van der Waals surface area contributed by atoms with E-state index in [1.165, 1.54) is 25.1 Å². The van der Waals surface area contributed by atoms with Gasteiger partial charge in [-0.25, -0.2) is 0 Å². The molecule has 0 fully saturated rings. The van der Waals surface area contributed by atoms with E-state index in [1.54, 1.807) is 6.92 Å². The molecule has 0 spiro atoms. The molecule has 0 aromatic heterocycles. The van der Waals surface area contributed by atoms with E-state index in [1.807, 2.05) is 0 Å². The predicted molar refractivity (Wildman–Crippen MR) is 67.6 cm³/mol. The van der Waals surface area contributed by atoms with Crippen LogP contribution in [0.4, 0.5) is 5.69 Å². The summed E-state index contributed by atoms with van der Waals surface area (Å²) in [5, 5.41) is 20.3. The number of nitrogens with two attached hydrogens (primary N) is 1. The summed E-state index contributed by atoms with van der Waals surface area (Å²) in [7, 11) is 0. The maximum absolute atomic E-state index is 11.1. The molecule has 7 heteroatoms. The van der Waals surface area contributed by atoms with Crippen molar-refractivity contribution in [1.82, 2.24) is 0 Å². The highest BCUT2D eigenvalue weighted by molar-refractivity contribution is 5.79. The summed E-state index contributed by atoms with van der Waals surface area (Å²) in [4.78, 5) is 21.2. The molecule has 1 aromatic carbocycles. The second kappa shape index (κ2) is 6.14. The summed E-state index contributed by atoms with van der Waals surface area (Å²) in [6.07, 6.45) is -1.43. The lowest BCUT2D eigenvalue weighted by Gasteiger charge is -2.18. The molecule has 0 radical (unpaired) electrons. The van der Waals surface area contributed by atoms with E-state index < -0.39 is 23.0 Å². The van der Waals surface area contributed by atoms with E-state index >= 15 is 0 Å². The van der Waals surface area contributed by atoms with Crippen molar-refractivity contribution in [1.29, 1.82) is 0 Å². The number of primary amides is 1. The van der Waals surface area contributed by atoms with Crippen LogP contribution in [-0.2, 0) is 4.79 Å². The van der Waals surface area contributed by atoms with Gasteiger partial charge in [-0.05, 0) is 19.4 Å². The first-order chi connectivity index (χ1) is 8.86. The maximum Gasteiger partial charge on any atom is 0.270 e. The minimum Gasteiger partial charge on any atom is -0.480 e. The van der Waals surface area contributed by atoms with Gasteiger partial charge in [0, 0.05) is 17.7 Å². The molecule has 0 saturated carbocycles. The van der Waals surface area contributed by atoms with E-state index in [2.05, 4.69) is 0 Å². The Morgan fingerprint density at radius 1 is 1.58 bits per heavy atom. The molecule has 19 heavy (non-hydrogen) atoms. The molecule has 3 N–H and O–H groups in total. The lowest BCUT2D eigenvalue weighted by atomic mass is 10.1. The zero-order valence-electron chi connectivity index (χ0n) is 10.7.